The van der Waals surface area contributed by atoms with Gasteiger partial charge < -0.3 is 10.1 Å². The maximum absolute atomic E-state index is 12.3. The fourth-order valence-electron chi connectivity index (χ4n) is 2.62. The molecule has 0 spiro atoms. The summed E-state index contributed by atoms with van der Waals surface area (Å²) in [6, 6.07) is 7.54. The summed E-state index contributed by atoms with van der Waals surface area (Å²) in [5.74, 6) is -1.24. The molecule has 116 valence electrons. The topological polar surface area (TPSA) is 72.5 Å². The molecule has 0 heterocycles. The summed E-state index contributed by atoms with van der Waals surface area (Å²) in [4.78, 5) is 35.3. The number of hydrogen-bond acceptors (Lipinski definition) is 4. The van der Waals surface area contributed by atoms with Gasteiger partial charge in [-0.1, -0.05) is 37.3 Å². The number of nitrogens with one attached hydrogen (secondary N) is 1. The molecule has 1 aromatic rings. The molecule has 0 bridgehead atoms. The van der Waals surface area contributed by atoms with Gasteiger partial charge in [-0.2, -0.15) is 0 Å². The maximum atomic E-state index is 12.3. The molecule has 1 aromatic carbocycles. The Morgan fingerprint density at radius 2 is 2.00 bits per heavy atom. The fourth-order valence-corrected chi connectivity index (χ4v) is 2.62. The third-order valence-corrected chi connectivity index (χ3v) is 3.89. The van der Waals surface area contributed by atoms with Gasteiger partial charge in [0, 0.05) is 25.0 Å². The van der Waals surface area contributed by atoms with Crippen molar-refractivity contribution in [1.82, 2.24) is 5.32 Å². The van der Waals surface area contributed by atoms with Gasteiger partial charge in [-0.25, -0.2) is 4.79 Å². The minimum absolute atomic E-state index is 0.0731. The molecule has 1 aliphatic carbocycles. The minimum atomic E-state index is -0.471. The Morgan fingerprint density at radius 1 is 1.32 bits per heavy atom. The highest BCUT2D eigenvalue weighted by molar-refractivity contribution is 5.96. The highest BCUT2D eigenvalue weighted by atomic mass is 16.5. The van der Waals surface area contributed by atoms with Gasteiger partial charge in [0.1, 0.15) is 5.78 Å². The lowest BCUT2D eigenvalue weighted by Crippen LogP contribution is -2.34. The van der Waals surface area contributed by atoms with Crippen LogP contribution in [0.1, 0.15) is 36.3 Å². The zero-order chi connectivity index (χ0) is 16.1. The predicted molar refractivity (Wildman–Crippen MR) is 81.4 cm³/mol. The van der Waals surface area contributed by atoms with E-state index in [0.29, 0.717) is 0 Å². The van der Waals surface area contributed by atoms with Crippen molar-refractivity contribution in [2.45, 2.75) is 25.2 Å². The quantitative estimate of drug-likeness (QED) is 0.678. The second-order valence-electron chi connectivity index (χ2n) is 5.24. The van der Waals surface area contributed by atoms with Crippen LogP contribution in [-0.2, 0) is 19.1 Å². The van der Waals surface area contributed by atoms with Crippen molar-refractivity contribution in [2.75, 3.05) is 13.7 Å². The van der Waals surface area contributed by atoms with Gasteiger partial charge in [-0.05, 0) is 11.1 Å². The summed E-state index contributed by atoms with van der Waals surface area (Å²) >= 11 is 0. The van der Waals surface area contributed by atoms with Crippen molar-refractivity contribution in [3.05, 3.63) is 47.5 Å². The average molecular weight is 301 g/mol. The molecule has 5 nitrogen and oxygen atoms in total. The highest BCUT2D eigenvalue weighted by Crippen LogP contribution is 2.36. The first-order valence-corrected chi connectivity index (χ1v) is 7.18. The number of methoxy groups -OCH3 is 1. The molecule has 2 atom stereocenters. The molecule has 22 heavy (non-hydrogen) atoms. The van der Waals surface area contributed by atoms with Gasteiger partial charge in [0.25, 0.3) is 0 Å². The predicted octanol–water partition coefficient (Wildman–Crippen LogP) is 1.69. The van der Waals surface area contributed by atoms with E-state index in [1.807, 2.05) is 31.2 Å². The number of esters is 1. The Labute approximate surface area is 129 Å². The first-order chi connectivity index (χ1) is 10.5. The van der Waals surface area contributed by atoms with E-state index in [4.69, 9.17) is 0 Å². The van der Waals surface area contributed by atoms with E-state index in [-0.39, 0.29) is 30.6 Å². The van der Waals surface area contributed by atoms with E-state index in [1.165, 1.54) is 19.3 Å². The van der Waals surface area contributed by atoms with Crippen molar-refractivity contribution in [1.29, 1.82) is 0 Å². The van der Waals surface area contributed by atoms with E-state index in [9.17, 15) is 14.4 Å². The molecule has 1 N–H and O–H groups in total. The van der Waals surface area contributed by atoms with Crippen molar-refractivity contribution < 1.29 is 19.1 Å². The molecule has 0 saturated heterocycles. The van der Waals surface area contributed by atoms with Gasteiger partial charge in [-0.15, -0.1) is 0 Å². The largest absolute Gasteiger partial charge is 0.466 e. The lowest BCUT2D eigenvalue weighted by Gasteiger charge is -2.27. The van der Waals surface area contributed by atoms with Gasteiger partial charge in [-0.3, -0.25) is 9.59 Å². The molecule has 5 heteroatoms. The van der Waals surface area contributed by atoms with Crippen LogP contribution in [0.4, 0.5) is 0 Å². The second kappa shape index (κ2) is 7.02. The summed E-state index contributed by atoms with van der Waals surface area (Å²) in [5, 5.41) is 2.72. The molecule has 0 aliphatic heterocycles. The van der Waals surface area contributed by atoms with Gasteiger partial charge >= 0.3 is 5.97 Å². The molecule has 1 amide bonds. The van der Waals surface area contributed by atoms with Crippen molar-refractivity contribution in [3.63, 3.8) is 0 Å². The third kappa shape index (κ3) is 3.42. The van der Waals surface area contributed by atoms with Crippen molar-refractivity contribution in [3.8, 4) is 0 Å². The average Bonchev–Trinajstić information content (AvgIpc) is 2.54. The Hall–Kier alpha value is -2.43. The summed E-state index contributed by atoms with van der Waals surface area (Å²) in [6.45, 7) is 2.09. The molecule has 0 aromatic heterocycles. The second-order valence-corrected chi connectivity index (χ2v) is 5.24. The van der Waals surface area contributed by atoms with Crippen molar-refractivity contribution in [2.24, 2.45) is 0 Å². The Bertz CT molecular complexity index is 621. The zero-order valence-corrected chi connectivity index (χ0v) is 12.7. The van der Waals surface area contributed by atoms with E-state index >= 15 is 0 Å². The van der Waals surface area contributed by atoms with Crippen LogP contribution in [0.15, 0.2) is 36.4 Å². The number of carbonyl (C=O) groups is 3. The highest BCUT2D eigenvalue weighted by Gasteiger charge is 2.34. The van der Waals surface area contributed by atoms with E-state index in [2.05, 4.69) is 10.1 Å². The maximum Gasteiger partial charge on any atom is 0.330 e. The summed E-state index contributed by atoms with van der Waals surface area (Å²) in [5.41, 5.74) is 1.83. The first kappa shape index (κ1) is 15.9. The van der Waals surface area contributed by atoms with Crippen LogP contribution in [0.25, 0.3) is 0 Å². The molecular weight excluding hydrogens is 282 g/mol. The monoisotopic (exact) mass is 301 g/mol. The van der Waals surface area contributed by atoms with Crippen LogP contribution in [-0.4, -0.2) is 31.3 Å². The summed E-state index contributed by atoms with van der Waals surface area (Å²) < 4.78 is 4.46. The van der Waals surface area contributed by atoms with Gasteiger partial charge in [0.05, 0.1) is 13.0 Å². The number of benzene rings is 1. The molecule has 0 fully saturated rings. The lowest BCUT2D eigenvalue weighted by molar-refractivity contribution is -0.134. The zero-order valence-electron chi connectivity index (χ0n) is 12.7. The molecule has 2 rings (SSSR count). The number of ether oxygens (including phenoxy) is 1. The van der Waals surface area contributed by atoms with Crippen LogP contribution in [0.5, 0.6) is 0 Å². The standard InChI is InChI=1S/C17H19NO4/c1-11-12-6-3-4-7-13(12)14(10-15(11)19)17(21)18-9-5-8-16(20)22-2/h3-8,11,14H,9-10H2,1-2H3,(H,18,21)/b8-5+. The van der Waals surface area contributed by atoms with Crippen LogP contribution in [0.3, 0.4) is 0 Å². The lowest BCUT2D eigenvalue weighted by atomic mass is 9.76. The normalized spacial score (nSPS) is 20.5. The van der Waals surface area contributed by atoms with E-state index in [1.54, 1.807) is 0 Å². The minimum Gasteiger partial charge on any atom is -0.466 e. The first-order valence-electron chi connectivity index (χ1n) is 7.18. The molecule has 0 radical (unpaired) electrons. The van der Waals surface area contributed by atoms with Crippen LogP contribution >= 0.6 is 0 Å². The van der Waals surface area contributed by atoms with Crippen molar-refractivity contribution >= 4 is 17.7 Å². The fraction of sp³-hybridized carbons (Fsp3) is 0.353. The van der Waals surface area contributed by atoms with E-state index in [0.717, 1.165) is 11.1 Å². The van der Waals surface area contributed by atoms with Crippen LogP contribution in [0.2, 0.25) is 0 Å². The Morgan fingerprint density at radius 3 is 2.68 bits per heavy atom. The molecular formula is C17H19NO4. The van der Waals surface area contributed by atoms with Gasteiger partial charge in [0.2, 0.25) is 5.91 Å². The number of hydrogen-bond donors (Lipinski definition) is 1. The smallest absolute Gasteiger partial charge is 0.330 e. The summed E-state index contributed by atoms with van der Waals surface area (Å²) in [6.07, 6.45) is 2.98. The SMILES string of the molecule is COC(=O)/C=C/CNC(=O)C1CC(=O)C(C)c2ccccc21. The van der Waals surface area contributed by atoms with Crippen LogP contribution in [0, 0.1) is 0 Å². The van der Waals surface area contributed by atoms with E-state index < -0.39 is 11.9 Å². The van der Waals surface area contributed by atoms with Gasteiger partial charge in [0.15, 0.2) is 0 Å². The Balaban J connectivity index is 2.07. The number of ketones is 1. The number of amides is 1. The molecule has 0 saturated carbocycles. The number of carbonyl (C=O) groups excluding carboxylic acids is 3. The number of fused-ring (bicyclic) bond motifs is 1. The molecule has 1 aliphatic rings. The van der Waals surface area contributed by atoms with Crippen LogP contribution < -0.4 is 5.32 Å². The Kier molecular flexibility index (Phi) is 5.09. The third-order valence-electron chi connectivity index (χ3n) is 3.89. The molecule has 2 unspecified atom stereocenters. The number of rotatable bonds is 4. The summed E-state index contributed by atoms with van der Waals surface area (Å²) in [7, 11) is 1.29. The number of Topliss-reactive ketones (excluding diaryl/α,β-unsaturated/α-hetero) is 1.